The minimum absolute atomic E-state index is 0.0473. The third kappa shape index (κ3) is 6.32. The third-order valence-corrected chi connectivity index (χ3v) is 5.91. The topological polar surface area (TPSA) is 78.5 Å². The summed E-state index contributed by atoms with van der Waals surface area (Å²) in [5.74, 6) is -0.308. The summed E-state index contributed by atoms with van der Waals surface area (Å²) in [6.45, 7) is 5.63. The van der Waals surface area contributed by atoms with E-state index in [4.69, 9.17) is 0 Å². The molecule has 2 N–H and O–H groups in total. The molecule has 1 saturated heterocycles. The van der Waals surface area contributed by atoms with Gasteiger partial charge in [-0.3, -0.25) is 4.79 Å². The SMILES string of the molecule is CCCCS(=O)(=O)N[C@H](C)C(=O)Nc1ccc(N2CCCCC2)cc1. The number of anilines is 2. The Bertz CT molecular complexity index is 653. The summed E-state index contributed by atoms with van der Waals surface area (Å²) in [7, 11) is -3.42. The molecule has 0 bridgehead atoms. The number of carbonyl (C=O) groups excluding carboxylic acids is 1. The number of nitrogens with zero attached hydrogens (tertiary/aromatic N) is 1. The number of amides is 1. The number of unbranched alkanes of at least 4 members (excludes halogenated alkanes) is 1. The number of piperidine rings is 1. The van der Waals surface area contributed by atoms with Gasteiger partial charge in [0.2, 0.25) is 15.9 Å². The van der Waals surface area contributed by atoms with Gasteiger partial charge >= 0.3 is 0 Å². The predicted molar refractivity (Wildman–Crippen MR) is 102 cm³/mol. The molecule has 1 aromatic carbocycles. The van der Waals surface area contributed by atoms with Gasteiger partial charge in [-0.15, -0.1) is 0 Å². The first-order chi connectivity index (χ1) is 11.9. The van der Waals surface area contributed by atoms with Crippen molar-refractivity contribution in [3.63, 3.8) is 0 Å². The summed E-state index contributed by atoms with van der Waals surface area (Å²) in [5, 5.41) is 2.77. The van der Waals surface area contributed by atoms with Crippen LogP contribution < -0.4 is 14.9 Å². The van der Waals surface area contributed by atoms with Gasteiger partial charge < -0.3 is 10.2 Å². The molecule has 2 rings (SSSR count). The van der Waals surface area contributed by atoms with Crippen LogP contribution in [0.1, 0.15) is 46.0 Å². The van der Waals surface area contributed by atoms with Crippen LogP contribution in [0.25, 0.3) is 0 Å². The average molecular weight is 368 g/mol. The lowest BCUT2D eigenvalue weighted by atomic mass is 10.1. The van der Waals surface area contributed by atoms with Gasteiger partial charge in [0.15, 0.2) is 0 Å². The zero-order valence-electron chi connectivity index (χ0n) is 15.1. The van der Waals surface area contributed by atoms with Gasteiger partial charge in [-0.1, -0.05) is 13.3 Å². The van der Waals surface area contributed by atoms with Crippen LogP contribution in [0.4, 0.5) is 11.4 Å². The van der Waals surface area contributed by atoms with E-state index < -0.39 is 16.1 Å². The normalized spacial score (nSPS) is 16.5. The van der Waals surface area contributed by atoms with Gasteiger partial charge in [0, 0.05) is 24.5 Å². The molecule has 1 aliphatic rings. The Hall–Kier alpha value is -1.60. The molecular weight excluding hydrogens is 338 g/mol. The molecule has 1 fully saturated rings. The fourth-order valence-electron chi connectivity index (χ4n) is 2.87. The first-order valence-electron chi connectivity index (χ1n) is 9.07. The summed E-state index contributed by atoms with van der Waals surface area (Å²) in [4.78, 5) is 14.5. The highest BCUT2D eigenvalue weighted by molar-refractivity contribution is 7.89. The summed E-state index contributed by atoms with van der Waals surface area (Å²) >= 11 is 0. The van der Waals surface area contributed by atoms with Crippen LogP contribution in [0.2, 0.25) is 0 Å². The van der Waals surface area contributed by atoms with E-state index in [1.807, 2.05) is 31.2 Å². The molecule has 0 aromatic heterocycles. The average Bonchev–Trinajstić information content (AvgIpc) is 2.61. The maximum absolute atomic E-state index is 12.2. The highest BCUT2D eigenvalue weighted by Gasteiger charge is 2.20. The van der Waals surface area contributed by atoms with Crippen molar-refractivity contribution < 1.29 is 13.2 Å². The lowest BCUT2D eigenvalue weighted by Gasteiger charge is -2.28. The van der Waals surface area contributed by atoms with Crippen molar-refractivity contribution in [2.45, 2.75) is 52.0 Å². The lowest BCUT2D eigenvalue weighted by Crippen LogP contribution is -2.42. The highest BCUT2D eigenvalue weighted by atomic mass is 32.2. The first-order valence-corrected chi connectivity index (χ1v) is 10.7. The second-order valence-corrected chi connectivity index (χ2v) is 8.47. The van der Waals surface area contributed by atoms with Crippen LogP contribution in [-0.2, 0) is 14.8 Å². The van der Waals surface area contributed by atoms with E-state index in [2.05, 4.69) is 14.9 Å². The fourth-order valence-corrected chi connectivity index (χ4v) is 4.31. The molecule has 1 amide bonds. The molecule has 6 nitrogen and oxygen atoms in total. The number of hydrogen-bond acceptors (Lipinski definition) is 4. The van der Waals surface area contributed by atoms with Crippen molar-refractivity contribution in [1.82, 2.24) is 4.72 Å². The number of nitrogens with one attached hydrogen (secondary N) is 2. The zero-order valence-corrected chi connectivity index (χ0v) is 15.9. The van der Waals surface area contributed by atoms with Gasteiger partial charge in [0.25, 0.3) is 0 Å². The molecular formula is C18H29N3O3S. The lowest BCUT2D eigenvalue weighted by molar-refractivity contribution is -0.117. The van der Waals surface area contributed by atoms with E-state index >= 15 is 0 Å². The van der Waals surface area contributed by atoms with Crippen molar-refractivity contribution in [1.29, 1.82) is 0 Å². The second kappa shape index (κ2) is 9.20. The molecule has 0 radical (unpaired) electrons. The van der Waals surface area contributed by atoms with Crippen molar-refractivity contribution in [3.05, 3.63) is 24.3 Å². The summed E-state index contributed by atoms with van der Waals surface area (Å²) in [6.07, 6.45) is 5.10. The van der Waals surface area contributed by atoms with Crippen LogP contribution in [0.15, 0.2) is 24.3 Å². The molecule has 1 heterocycles. The van der Waals surface area contributed by atoms with Gasteiger partial charge in [-0.25, -0.2) is 13.1 Å². The van der Waals surface area contributed by atoms with Gasteiger partial charge in [-0.2, -0.15) is 0 Å². The number of rotatable bonds is 8. The predicted octanol–water partition coefficient (Wildman–Crippen LogP) is 2.72. The van der Waals surface area contributed by atoms with E-state index in [0.29, 0.717) is 12.1 Å². The number of carbonyl (C=O) groups is 1. The van der Waals surface area contributed by atoms with E-state index in [1.54, 1.807) is 6.92 Å². The van der Waals surface area contributed by atoms with Crippen molar-refractivity contribution in [2.24, 2.45) is 0 Å². The fraction of sp³-hybridized carbons (Fsp3) is 0.611. The van der Waals surface area contributed by atoms with Crippen LogP contribution in [0.3, 0.4) is 0 Å². The van der Waals surface area contributed by atoms with E-state index in [0.717, 1.165) is 25.2 Å². The molecule has 0 unspecified atom stereocenters. The summed E-state index contributed by atoms with van der Waals surface area (Å²) in [5.41, 5.74) is 1.83. The Morgan fingerprint density at radius 2 is 1.80 bits per heavy atom. The maximum Gasteiger partial charge on any atom is 0.242 e. The van der Waals surface area contributed by atoms with Crippen LogP contribution in [0, 0.1) is 0 Å². The molecule has 1 atom stereocenters. The van der Waals surface area contributed by atoms with Gasteiger partial charge in [0.1, 0.15) is 0 Å². The minimum atomic E-state index is -3.42. The minimum Gasteiger partial charge on any atom is -0.372 e. The Morgan fingerprint density at radius 1 is 1.16 bits per heavy atom. The summed E-state index contributed by atoms with van der Waals surface area (Å²) in [6, 6.07) is 6.91. The second-order valence-electron chi connectivity index (χ2n) is 6.60. The molecule has 1 aromatic rings. The number of benzene rings is 1. The van der Waals surface area contributed by atoms with E-state index in [9.17, 15) is 13.2 Å². The molecule has 7 heteroatoms. The molecule has 0 aliphatic carbocycles. The first kappa shape index (κ1) is 19.7. The van der Waals surface area contributed by atoms with E-state index in [-0.39, 0.29) is 11.7 Å². The molecule has 0 saturated carbocycles. The Morgan fingerprint density at radius 3 is 2.40 bits per heavy atom. The van der Waals surface area contributed by atoms with Crippen molar-refractivity contribution in [3.8, 4) is 0 Å². The largest absolute Gasteiger partial charge is 0.372 e. The highest BCUT2D eigenvalue weighted by Crippen LogP contribution is 2.21. The van der Waals surface area contributed by atoms with Crippen molar-refractivity contribution >= 4 is 27.3 Å². The smallest absolute Gasteiger partial charge is 0.242 e. The van der Waals surface area contributed by atoms with Crippen LogP contribution in [0.5, 0.6) is 0 Å². The van der Waals surface area contributed by atoms with E-state index in [1.165, 1.54) is 19.3 Å². The zero-order chi connectivity index (χ0) is 18.3. The molecule has 140 valence electrons. The Labute approximate surface area is 151 Å². The number of sulfonamides is 1. The van der Waals surface area contributed by atoms with Crippen LogP contribution >= 0.6 is 0 Å². The molecule has 1 aliphatic heterocycles. The van der Waals surface area contributed by atoms with Gasteiger partial charge in [0.05, 0.1) is 11.8 Å². The van der Waals surface area contributed by atoms with Crippen molar-refractivity contribution in [2.75, 3.05) is 29.1 Å². The standard InChI is InChI=1S/C18H29N3O3S/c1-3-4-14-25(23,24)20-15(2)18(22)19-16-8-10-17(11-9-16)21-12-6-5-7-13-21/h8-11,15,20H,3-7,12-14H2,1-2H3,(H,19,22)/t15-/m1/s1. The molecule has 25 heavy (non-hydrogen) atoms. The monoisotopic (exact) mass is 367 g/mol. The maximum atomic E-state index is 12.2. The quantitative estimate of drug-likeness (QED) is 0.740. The van der Waals surface area contributed by atoms with Gasteiger partial charge in [-0.05, 0) is 56.9 Å². The Kier molecular flexibility index (Phi) is 7.25. The molecule has 0 spiro atoms. The Balaban J connectivity index is 1.89. The summed E-state index contributed by atoms with van der Waals surface area (Å²) < 4.78 is 26.2. The number of hydrogen-bond donors (Lipinski definition) is 2. The third-order valence-electron chi connectivity index (χ3n) is 4.37. The van der Waals surface area contributed by atoms with Crippen LogP contribution in [-0.4, -0.2) is 39.2 Å².